The molecule has 14 heteroatoms. The number of rotatable bonds is 2. The Bertz CT molecular complexity index is 178. The van der Waals surface area contributed by atoms with Crippen LogP contribution >= 0.6 is 28.1 Å². The van der Waals surface area contributed by atoms with Crippen molar-refractivity contribution in [3.05, 3.63) is 0 Å². The second kappa shape index (κ2) is 15.6. The molecule has 0 rings (SSSR count). The van der Waals surface area contributed by atoms with Gasteiger partial charge in [-0.3, -0.25) is 0 Å². The number of phosphoric acid groups is 2. The predicted molar refractivity (Wildman–Crippen MR) is 36.9 cm³/mol. The maximum atomic E-state index is 9.63. The van der Waals surface area contributed by atoms with Gasteiger partial charge in [0.25, 0.3) is 0 Å². The fraction of sp³-hybridized carbons (Fsp3) is 0. The first-order valence-electron chi connectivity index (χ1n) is 1.53. The van der Waals surface area contributed by atoms with Gasteiger partial charge in [0, 0.05) is 0 Å². The summed E-state index contributed by atoms with van der Waals surface area (Å²) < 4.78 is 22.2. The molecule has 0 heterocycles. The van der Waals surface area contributed by atoms with E-state index in [1.165, 1.54) is 0 Å². The van der Waals surface area contributed by atoms with Crippen molar-refractivity contribution < 1.29 is 157 Å². The molecule has 0 radical (unpaired) electrons. The van der Waals surface area contributed by atoms with Gasteiger partial charge in [-0.25, -0.2) is 9.13 Å². The first kappa shape index (κ1) is 36.3. The summed E-state index contributed by atoms with van der Waals surface area (Å²) in [5.41, 5.74) is 0. The van der Waals surface area contributed by atoms with E-state index in [1.54, 1.807) is 0 Å². The van der Waals surface area contributed by atoms with Crippen molar-refractivity contribution in [2.24, 2.45) is 0 Å². The van der Waals surface area contributed by atoms with Crippen LogP contribution in [0, 0.1) is 0 Å². The first-order chi connectivity index (χ1) is 3.71. The third-order valence-electron chi connectivity index (χ3n) is 0.213. The van der Waals surface area contributed by atoms with Crippen LogP contribution in [-0.2, 0) is 13.4 Å². The molecule has 0 bridgehead atoms. The molecule has 0 aliphatic rings. The standard InChI is InChI=1S/ClH.4Na.H4O7P2.4H/c;;;;;1-8(2,3)7-9(4,5)6;;;;/h1H;;;;;(H2,1,2,3)(H2,4,5,6);;;;/q;4*+1;;4*-1. The molecule has 0 fully saturated rings. The fourth-order valence-corrected chi connectivity index (χ4v) is 1.25. The summed E-state index contributed by atoms with van der Waals surface area (Å²) in [6, 6.07) is 0. The van der Waals surface area contributed by atoms with Crippen LogP contribution in [0.2, 0.25) is 0 Å². The zero-order valence-corrected chi connectivity index (χ0v) is 18.9. The predicted octanol–water partition coefficient (Wildman–Crippen LogP) is -11.9. The van der Waals surface area contributed by atoms with Gasteiger partial charge in [-0.2, -0.15) is 4.31 Å². The number of hydrogen-bond acceptors (Lipinski definition) is 3. The normalized spacial score (nSPS) is 8.86. The zero-order valence-electron chi connectivity index (χ0n) is 12.3. The molecular formula is H9ClNa4O7P2. The van der Waals surface area contributed by atoms with E-state index in [9.17, 15) is 9.13 Å². The maximum Gasteiger partial charge on any atom is 1.00 e. The molecule has 14 heavy (non-hydrogen) atoms. The summed E-state index contributed by atoms with van der Waals surface area (Å²) in [5, 5.41) is 0. The molecular weight excluding hydrogens is 301 g/mol. The van der Waals surface area contributed by atoms with E-state index in [1.807, 2.05) is 0 Å². The van der Waals surface area contributed by atoms with E-state index >= 15 is 0 Å². The summed E-state index contributed by atoms with van der Waals surface area (Å²) in [5.74, 6) is 0. The largest absolute Gasteiger partial charge is 1.00 e. The number of hydrogen-bond donors (Lipinski definition) is 4. The van der Waals surface area contributed by atoms with Crippen molar-refractivity contribution in [2.45, 2.75) is 0 Å². The summed E-state index contributed by atoms with van der Waals surface area (Å²) in [4.78, 5) is 31.0. The van der Waals surface area contributed by atoms with Crippen molar-refractivity contribution in [3.8, 4) is 0 Å². The van der Waals surface area contributed by atoms with Gasteiger partial charge in [-0.05, 0) is 0 Å². The van der Waals surface area contributed by atoms with Gasteiger partial charge in [0.05, 0.1) is 0 Å². The SMILES string of the molecule is Cl.O=P(O)(O)OP(=O)(O)O.[H-].[H-].[H-].[H-].[Na+].[Na+].[Na+].[Na+]. The monoisotopic (exact) mass is 310 g/mol. The molecule has 0 spiro atoms. The van der Waals surface area contributed by atoms with E-state index in [4.69, 9.17) is 19.6 Å². The molecule has 72 valence electrons. The van der Waals surface area contributed by atoms with E-state index in [2.05, 4.69) is 4.31 Å². The quantitative estimate of drug-likeness (QED) is 0.295. The van der Waals surface area contributed by atoms with Crippen LogP contribution < -0.4 is 118 Å². The Hall–Kier alpha value is 4.55. The summed E-state index contributed by atoms with van der Waals surface area (Å²) >= 11 is 0. The molecule has 0 aromatic heterocycles. The molecule has 0 unspecified atom stereocenters. The summed E-state index contributed by atoms with van der Waals surface area (Å²) in [6.07, 6.45) is 0. The Morgan fingerprint density at radius 1 is 0.786 bits per heavy atom. The Labute approximate surface area is 182 Å². The van der Waals surface area contributed by atoms with Gasteiger partial charge in [-0.15, -0.1) is 12.4 Å². The van der Waals surface area contributed by atoms with Crippen LogP contribution in [0.15, 0.2) is 0 Å². The van der Waals surface area contributed by atoms with Crippen LogP contribution in [0.3, 0.4) is 0 Å². The third kappa shape index (κ3) is 36.0. The minimum atomic E-state index is -5.05. The zero-order chi connectivity index (χ0) is 7.71. The molecule has 4 N–H and O–H groups in total. The van der Waals surface area contributed by atoms with Crippen molar-refractivity contribution in [2.75, 3.05) is 0 Å². The van der Waals surface area contributed by atoms with E-state index in [-0.39, 0.29) is 136 Å². The average Bonchev–Trinajstić information content (AvgIpc) is 1.14. The molecule has 0 aromatic carbocycles. The minimum absolute atomic E-state index is 0. The molecule has 0 atom stereocenters. The van der Waals surface area contributed by atoms with Crippen molar-refractivity contribution in [3.63, 3.8) is 0 Å². The van der Waals surface area contributed by atoms with Crippen LogP contribution in [0.5, 0.6) is 0 Å². The first-order valence-corrected chi connectivity index (χ1v) is 4.59. The van der Waals surface area contributed by atoms with E-state index in [0.717, 1.165) is 0 Å². The molecule has 0 aromatic rings. The van der Waals surface area contributed by atoms with Gasteiger partial charge in [-0.1, -0.05) is 0 Å². The third-order valence-corrected chi connectivity index (χ3v) is 1.91. The molecule has 0 amide bonds. The molecule has 7 nitrogen and oxygen atoms in total. The Kier molecular flexibility index (Phi) is 40.4. The van der Waals surface area contributed by atoms with Crippen molar-refractivity contribution >= 4 is 28.1 Å². The minimum Gasteiger partial charge on any atom is -1.00 e. The molecule has 0 saturated heterocycles. The average molecular weight is 310 g/mol. The van der Waals surface area contributed by atoms with Crippen molar-refractivity contribution in [1.82, 2.24) is 0 Å². The fourth-order valence-electron chi connectivity index (χ4n) is 0.139. The van der Waals surface area contributed by atoms with Crippen molar-refractivity contribution in [1.29, 1.82) is 0 Å². The van der Waals surface area contributed by atoms with Crippen LogP contribution in [0.25, 0.3) is 0 Å². The van der Waals surface area contributed by atoms with Gasteiger partial charge in [0.15, 0.2) is 0 Å². The second-order valence-corrected chi connectivity index (χ2v) is 3.68. The van der Waals surface area contributed by atoms with E-state index < -0.39 is 15.6 Å². The Morgan fingerprint density at radius 2 is 0.929 bits per heavy atom. The van der Waals surface area contributed by atoms with Crippen LogP contribution in [0.4, 0.5) is 0 Å². The maximum absolute atomic E-state index is 9.63. The second-order valence-electron chi connectivity index (χ2n) is 1.06. The van der Waals surface area contributed by atoms with E-state index in [0.29, 0.717) is 0 Å². The molecule has 0 aliphatic heterocycles. The number of halogens is 1. The molecule has 0 aliphatic carbocycles. The summed E-state index contributed by atoms with van der Waals surface area (Å²) in [6.45, 7) is 0. The molecule has 0 saturated carbocycles. The smallest absolute Gasteiger partial charge is 1.00 e. The van der Waals surface area contributed by atoms with Gasteiger partial charge < -0.3 is 25.3 Å². The Balaban J connectivity index is -0.00000000889. The van der Waals surface area contributed by atoms with Gasteiger partial charge >= 0.3 is 134 Å². The van der Waals surface area contributed by atoms with Gasteiger partial charge in [0.1, 0.15) is 0 Å². The topological polar surface area (TPSA) is 124 Å². The Morgan fingerprint density at radius 3 is 0.929 bits per heavy atom. The van der Waals surface area contributed by atoms with Gasteiger partial charge in [0.2, 0.25) is 0 Å². The summed E-state index contributed by atoms with van der Waals surface area (Å²) in [7, 11) is -10.1. The van der Waals surface area contributed by atoms with Crippen LogP contribution in [0.1, 0.15) is 5.71 Å². The van der Waals surface area contributed by atoms with Crippen LogP contribution in [-0.4, -0.2) is 19.6 Å².